The van der Waals surface area contributed by atoms with E-state index in [1.54, 1.807) is 12.1 Å². The predicted molar refractivity (Wildman–Crippen MR) is 186 cm³/mol. The number of hydrogen-bond acceptors (Lipinski definition) is 4. The molecule has 1 aliphatic carbocycles. The van der Waals surface area contributed by atoms with Crippen molar-refractivity contribution in [3.8, 4) is 22.8 Å². The van der Waals surface area contributed by atoms with E-state index >= 15 is 0 Å². The summed E-state index contributed by atoms with van der Waals surface area (Å²) in [4.78, 5) is 31.4. The van der Waals surface area contributed by atoms with Crippen molar-refractivity contribution in [3.63, 3.8) is 0 Å². The number of aromatic amines is 1. The first-order valence-electron chi connectivity index (χ1n) is 16.6. The number of rotatable bonds is 10. The van der Waals surface area contributed by atoms with Crippen molar-refractivity contribution in [3.05, 3.63) is 50.9 Å². The third-order valence-electron chi connectivity index (χ3n) is 9.81. The molecule has 3 aromatic rings. The van der Waals surface area contributed by atoms with Crippen molar-refractivity contribution >= 4 is 34.8 Å². The molecule has 3 unspecified atom stereocenters. The van der Waals surface area contributed by atoms with Crippen LogP contribution >= 0.6 is 23.2 Å². The van der Waals surface area contributed by atoms with Crippen molar-refractivity contribution in [2.45, 2.75) is 101 Å². The highest BCUT2D eigenvalue weighted by atomic mass is 35.5. The number of carbonyl (C=O) groups is 1. The molecule has 2 aromatic heterocycles. The number of aromatic nitrogens is 2. The molecule has 1 saturated carbocycles. The highest BCUT2D eigenvalue weighted by Gasteiger charge is 2.50. The molecule has 8 heteroatoms. The van der Waals surface area contributed by atoms with E-state index in [1.807, 2.05) is 12.1 Å². The van der Waals surface area contributed by atoms with E-state index in [1.165, 1.54) is 10.5 Å². The Balaban J connectivity index is 1.85. The van der Waals surface area contributed by atoms with Crippen LogP contribution in [0.4, 0.5) is 0 Å². The molecule has 45 heavy (non-hydrogen) atoms. The number of H-pyrrole nitrogens is 1. The third kappa shape index (κ3) is 7.93. The Kier molecular flexibility index (Phi) is 11.1. The molecular weight excluding hydrogens is 607 g/mol. The largest absolute Gasteiger partial charge is 0.478 e. The van der Waals surface area contributed by atoms with Crippen LogP contribution in [0, 0.1) is 40.4 Å². The fourth-order valence-corrected chi connectivity index (χ4v) is 7.63. The first-order chi connectivity index (χ1) is 21.1. The molecule has 1 N–H and O–H groups in total. The number of fused-ring (bicyclic) bond motifs is 1. The Morgan fingerprint density at radius 1 is 1.02 bits per heavy atom. The Morgan fingerprint density at radius 3 is 2.16 bits per heavy atom. The predicted octanol–water partition coefficient (Wildman–Crippen LogP) is 10.5. The van der Waals surface area contributed by atoms with Crippen LogP contribution < -0.4 is 15.0 Å². The number of hydrogen-bond donors (Lipinski definition) is 1. The van der Waals surface area contributed by atoms with E-state index in [2.05, 4.69) is 67.3 Å². The lowest BCUT2D eigenvalue weighted by atomic mass is 9.55. The first-order valence-corrected chi connectivity index (χ1v) is 17.4. The summed E-state index contributed by atoms with van der Waals surface area (Å²) >= 11 is 13.2. The van der Waals surface area contributed by atoms with Gasteiger partial charge in [-0.05, 0) is 71.5 Å². The number of halogens is 2. The Hall–Kier alpha value is -2.44. The van der Waals surface area contributed by atoms with Crippen LogP contribution in [0.3, 0.4) is 0 Å². The van der Waals surface area contributed by atoms with Crippen molar-refractivity contribution in [1.29, 1.82) is 0 Å². The highest BCUT2D eigenvalue weighted by Crippen LogP contribution is 2.53. The standard InChI is InChI=1S/C37H52Cl2N2O4/c1-10-12-13-23(11-2)21-44-28-20-29(42)41-33(39)30(24-14-16-25(38)17-15-24)32(34(41)40-28)45-35(43)31-26(36(4,5)6)18-22(3)19-27(31)37(7,8)9/h14-17,20,22-23,26-27,31,40H,10-13,18-19,21H2,1-9H3. The fraction of sp³-hybridized carbons (Fsp3) is 0.622. The van der Waals surface area contributed by atoms with Gasteiger partial charge in [0.15, 0.2) is 17.3 Å². The second kappa shape index (κ2) is 14.1. The summed E-state index contributed by atoms with van der Waals surface area (Å²) in [6.07, 6.45) is 6.18. The molecule has 0 spiro atoms. The molecule has 1 aromatic carbocycles. The van der Waals surface area contributed by atoms with Crippen LogP contribution in [0.2, 0.25) is 10.2 Å². The number of esters is 1. The van der Waals surface area contributed by atoms with Gasteiger partial charge < -0.3 is 14.5 Å². The average Bonchev–Trinajstić information content (AvgIpc) is 3.23. The minimum atomic E-state index is -0.366. The Morgan fingerprint density at radius 2 is 1.62 bits per heavy atom. The zero-order valence-electron chi connectivity index (χ0n) is 28.6. The zero-order valence-corrected chi connectivity index (χ0v) is 30.1. The number of nitrogens with zero attached hydrogens (tertiary/aromatic N) is 1. The smallest absolute Gasteiger partial charge is 0.315 e. The van der Waals surface area contributed by atoms with Gasteiger partial charge in [0, 0.05) is 5.02 Å². The van der Waals surface area contributed by atoms with Crippen LogP contribution in [0.5, 0.6) is 11.6 Å². The Bertz CT molecular complexity index is 1500. The van der Waals surface area contributed by atoms with Crippen molar-refractivity contribution in [2.75, 3.05) is 6.61 Å². The maximum absolute atomic E-state index is 14.6. The van der Waals surface area contributed by atoms with Gasteiger partial charge in [0.2, 0.25) is 0 Å². The number of benzene rings is 1. The molecule has 1 fully saturated rings. The van der Waals surface area contributed by atoms with Crippen molar-refractivity contribution < 1.29 is 14.3 Å². The fourth-order valence-electron chi connectivity index (χ4n) is 7.14. The summed E-state index contributed by atoms with van der Waals surface area (Å²) in [7, 11) is 0. The summed E-state index contributed by atoms with van der Waals surface area (Å²) in [5.74, 6) is 1.04. The van der Waals surface area contributed by atoms with E-state index in [-0.39, 0.29) is 51.0 Å². The third-order valence-corrected chi connectivity index (χ3v) is 10.4. The first kappa shape index (κ1) is 35.4. The van der Waals surface area contributed by atoms with Crippen LogP contribution in [-0.2, 0) is 4.79 Å². The SMILES string of the molecule is CCCCC(CC)COc1cc(=O)n2c(Cl)c(-c3ccc(Cl)cc3)c(OC(=O)C3C(C(C)(C)C)CC(C)CC3C(C)(C)C)c2[nH]1. The monoisotopic (exact) mass is 658 g/mol. The topological polar surface area (TPSA) is 72.8 Å². The second-order valence-corrected chi connectivity index (χ2v) is 16.1. The van der Waals surface area contributed by atoms with Gasteiger partial charge in [-0.1, -0.05) is 117 Å². The zero-order chi connectivity index (χ0) is 33.3. The molecule has 248 valence electrons. The van der Waals surface area contributed by atoms with Gasteiger partial charge in [-0.15, -0.1) is 0 Å². The minimum Gasteiger partial charge on any atom is -0.478 e. The van der Waals surface area contributed by atoms with Gasteiger partial charge >= 0.3 is 5.97 Å². The van der Waals surface area contributed by atoms with Gasteiger partial charge in [-0.2, -0.15) is 0 Å². The van der Waals surface area contributed by atoms with Gasteiger partial charge in [0.1, 0.15) is 5.15 Å². The van der Waals surface area contributed by atoms with Crippen LogP contribution in [0.15, 0.2) is 35.1 Å². The molecule has 1 aliphatic rings. The molecule has 4 rings (SSSR count). The number of carbonyl (C=O) groups excluding carboxylic acids is 1. The lowest BCUT2D eigenvalue weighted by Crippen LogP contribution is -2.48. The lowest BCUT2D eigenvalue weighted by molar-refractivity contribution is -0.152. The van der Waals surface area contributed by atoms with E-state index in [9.17, 15) is 9.59 Å². The number of nitrogens with one attached hydrogen (secondary N) is 1. The normalized spacial score (nSPS) is 21.6. The molecule has 6 nitrogen and oxygen atoms in total. The van der Waals surface area contributed by atoms with Crippen LogP contribution in [-0.4, -0.2) is 22.0 Å². The van der Waals surface area contributed by atoms with E-state index in [0.29, 0.717) is 46.1 Å². The molecule has 0 aliphatic heterocycles. The maximum atomic E-state index is 14.6. The average molecular weight is 660 g/mol. The molecular formula is C37H52Cl2N2O4. The molecule has 3 atom stereocenters. The summed E-state index contributed by atoms with van der Waals surface area (Å²) in [6, 6.07) is 8.56. The molecule has 2 heterocycles. The van der Waals surface area contributed by atoms with Crippen molar-refractivity contribution in [1.82, 2.24) is 9.38 Å². The van der Waals surface area contributed by atoms with E-state index < -0.39 is 0 Å². The molecule has 0 radical (unpaired) electrons. The van der Waals surface area contributed by atoms with Gasteiger partial charge in [0.05, 0.1) is 24.2 Å². The quantitative estimate of drug-likeness (QED) is 0.220. The van der Waals surface area contributed by atoms with E-state index in [4.69, 9.17) is 32.7 Å². The van der Waals surface area contributed by atoms with E-state index in [0.717, 1.165) is 38.5 Å². The number of unbranched alkanes of at least 4 members (excludes halogenated alkanes) is 1. The minimum absolute atomic E-state index is 0.107. The Labute approximate surface area is 279 Å². The summed E-state index contributed by atoms with van der Waals surface area (Å²) in [6.45, 7) is 20.4. The highest BCUT2D eigenvalue weighted by molar-refractivity contribution is 6.34. The molecule has 0 amide bonds. The second-order valence-electron chi connectivity index (χ2n) is 15.4. The summed E-state index contributed by atoms with van der Waals surface area (Å²) in [5.41, 5.74) is 0.869. The van der Waals surface area contributed by atoms with Crippen LogP contribution in [0.1, 0.15) is 101 Å². The van der Waals surface area contributed by atoms with Crippen LogP contribution in [0.25, 0.3) is 16.8 Å². The molecule has 0 saturated heterocycles. The number of ether oxygens (including phenoxy) is 2. The van der Waals surface area contributed by atoms with Gasteiger partial charge in [0.25, 0.3) is 5.56 Å². The summed E-state index contributed by atoms with van der Waals surface area (Å²) < 4.78 is 14.0. The van der Waals surface area contributed by atoms with Gasteiger partial charge in [-0.25, -0.2) is 4.40 Å². The molecule has 0 bridgehead atoms. The van der Waals surface area contributed by atoms with Gasteiger partial charge in [-0.3, -0.25) is 9.59 Å². The lowest BCUT2D eigenvalue weighted by Gasteiger charge is -2.49. The summed E-state index contributed by atoms with van der Waals surface area (Å²) in [5, 5.41) is 0.726. The maximum Gasteiger partial charge on any atom is 0.315 e. The van der Waals surface area contributed by atoms with Crippen molar-refractivity contribution in [2.24, 2.45) is 40.4 Å².